The minimum atomic E-state index is -3.83. The Labute approximate surface area is 125 Å². The molecule has 2 aromatic carbocycles. The van der Waals surface area contributed by atoms with Crippen molar-refractivity contribution in [1.29, 1.82) is 0 Å². The van der Waals surface area contributed by atoms with Gasteiger partial charge in [-0.15, -0.1) is 0 Å². The molecule has 110 valence electrons. The van der Waals surface area contributed by atoms with E-state index in [1.54, 1.807) is 30.3 Å². The van der Waals surface area contributed by atoms with E-state index in [1.807, 2.05) is 0 Å². The zero-order chi connectivity index (χ0) is 15.7. The van der Waals surface area contributed by atoms with Crippen LogP contribution in [-0.4, -0.2) is 20.2 Å². The first-order valence-electron chi connectivity index (χ1n) is 6.19. The summed E-state index contributed by atoms with van der Waals surface area (Å²) in [5.74, 6) is -1.98. The van der Waals surface area contributed by atoms with Crippen LogP contribution in [0.3, 0.4) is 0 Å². The Kier molecular flexibility index (Phi) is 3.30. The van der Waals surface area contributed by atoms with Gasteiger partial charge in [0.1, 0.15) is 0 Å². The van der Waals surface area contributed by atoms with Crippen molar-refractivity contribution in [1.82, 2.24) is 0 Å². The van der Waals surface area contributed by atoms with Crippen LogP contribution in [0.15, 0.2) is 63.4 Å². The Morgan fingerprint density at radius 3 is 2.14 bits per heavy atom. The second kappa shape index (κ2) is 5.15. The summed E-state index contributed by atoms with van der Waals surface area (Å²) in [6.45, 7) is 0. The molecule has 0 fully saturated rings. The number of benzene rings is 2. The van der Waals surface area contributed by atoms with Gasteiger partial charge in [-0.3, -0.25) is 14.3 Å². The largest absolute Gasteiger partial charge is 0.338 e. The maximum absolute atomic E-state index is 12.3. The molecule has 8 heteroatoms. The predicted octanol–water partition coefficient (Wildman–Crippen LogP) is -0.207. The normalized spacial score (nSPS) is 13.8. The van der Waals surface area contributed by atoms with E-state index < -0.39 is 21.8 Å². The van der Waals surface area contributed by atoms with Crippen molar-refractivity contribution in [3.8, 4) is 0 Å². The third-order valence-electron chi connectivity index (χ3n) is 2.91. The van der Waals surface area contributed by atoms with Crippen molar-refractivity contribution in [3.05, 3.63) is 59.2 Å². The molecule has 1 heterocycles. The fourth-order valence-corrected chi connectivity index (χ4v) is 2.97. The van der Waals surface area contributed by atoms with E-state index in [4.69, 9.17) is 0 Å². The maximum Gasteiger partial charge on any atom is 0.338 e. The molecule has 0 aliphatic carbocycles. The highest BCUT2D eigenvalue weighted by molar-refractivity contribution is 7.92. The Hall–Kier alpha value is -2.87. The molecule has 0 bridgehead atoms. The molecule has 0 aromatic heterocycles. The number of carbonyl (C=O) groups excluding carboxylic acids is 2. The summed E-state index contributed by atoms with van der Waals surface area (Å²) in [5.41, 5.74) is 0.410. The number of rotatable bonds is 3. The molecule has 1 aliphatic heterocycles. The van der Waals surface area contributed by atoms with Gasteiger partial charge in [0.15, 0.2) is 0 Å². The van der Waals surface area contributed by atoms with E-state index in [0.29, 0.717) is 5.69 Å². The molecule has 1 aliphatic rings. The number of anilines is 1. The van der Waals surface area contributed by atoms with Crippen molar-refractivity contribution in [2.75, 3.05) is 4.72 Å². The van der Waals surface area contributed by atoms with Crippen molar-refractivity contribution in [2.24, 2.45) is 9.98 Å². The summed E-state index contributed by atoms with van der Waals surface area (Å²) in [6, 6.07) is 12.2. The summed E-state index contributed by atoms with van der Waals surface area (Å²) in [7, 11) is -3.83. The molecule has 2 aromatic rings. The molecule has 0 saturated carbocycles. The van der Waals surface area contributed by atoms with Crippen molar-refractivity contribution >= 4 is 27.5 Å². The average Bonchev–Trinajstić information content (AvgIpc) is 2.48. The topological polar surface area (TPSA) is 105 Å². The van der Waals surface area contributed by atoms with Crippen LogP contribution in [0, 0.1) is 0 Å². The summed E-state index contributed by atoms with van der Waals surface area (Å²) in [5, 5.41) is 0.226. The van der Waals surface area contributed by atoms with Crippen molar-refractivity contribution < 1.29 is 18.0 Å². The summed E-state index contributed by atoms with van der Waals surface area (Å²) >= 11 is 0. The summed E-state index contributed by atoms with van der Waals surface area (Å²) < 4.78 is 27.0. The average molecular weight is 315 g/mol. The lowest BCUT2D eigenvalue weighted by molar-refractivity contribution is -0.135. The van der Waals surface area contributed by atoms with E-state index in [1.165, 1.54) is 18.2 Å². The number of hydrogen-bond donors (Lipinski definition) is 1. The first-order valence-corrected chi connectivity index (χ1v) is 7.68. The molecule has 7 nitrogen and oxygen atoms in total. The molecule has 0 spiro atoms. The van der Waals surface area contributed by atoms with Gasteiger partial charge < -0.3 is 0 Å². The second-order valence-corrected chi connectivity index (χ2v) is 6.14. The Bertz CT molecular complexity index is 998. The molecule has 3 rings (SSSR count). The molecule has 2 amide bonds. The number of amides is 2. The molecule has 0 unspecified atom stereocenters. The van der Waals surface area contributed by atoms with Crippen LogP contribution in [0.4, 0.5) is 5.69 Å². The monoisotopic (exact) mass is 315 g/mol. The predicted molar refractivity (Wildman–Crippen MR) is 76.0 cm³/mol. The number of nitrogens with zero attached hydrogens (tertiary/aromatic N) is 2. The summed E-state index contributed by atoms with van der Waals surface area (Å²) in [6.07, 6.45) is 0. The molecule has 0 saturated heterocycles. The first kappa shape index (κ1) is 14.1. The highest BCUT2D eigenvalue weighted by atomic mass is 32.2. The smallest absolute Gasteiger partial charge is 0.280 e. The standard InChI is InChI=1S/C14H9N3O4S/c18-13-14(19)16-12-8-10(6-7-11(12)15-13)22(20,21)17-9-4-2-1-3-5-9/h1-8,17H. The first-order chi connectivity index (χ1) is 10.5. The number of carbonyl (C=O) groups is 2. The number of para-hydroxylation sites is 1. The second-order valence-electron chi connectivity index (χ2n) is 4.46. The Balaban J connectivity index is 2.05. The minimum absolute atomic E-state index is 0.0561. The highest BCUT2D eigenvalue weighted by Gasteiger charge is 2.18. The fraction of sp³-hybridized carbons (Fsp3) is 0. The van der Waals surface area contributed by atoms with Crippen LogP contribution >= 0.6 is 0 Å². The van der Waals surface area contributed by atoms with Crippen LogP contribution < -0.4 is 15.4 Å². The van der Waals surface area contributed by atoms with Gasteiger partial charge in [0.2, 0.25) is 0 Å². The van der Waals surface area contributed by atoms with E-state index in [9.17, 15) is 18.0 Å². The Morgan fingerprint density at radius 2 is 1.45 bits per heavy atom. The highest BCUT2D eigenvalue weighted by Crippen LogP contribution is 2.13. The molecule has 0 radical (unpaired) electrons. The van der Waals surface area contributed by atoms with Gasteiger partial charge in [-0.2, -0.15) is 0 Å². The lowest BCUT2D eigenvalue weighted by Crippen LogP contribution is -2.35. The quantitative estimate of drug-likeness (QED) is 0.791. The maximum atomic E-state index is 12.3. The van der Waals surface area contributed by atoms with E-state index in [2.05, 4.69) is 14.7 Å². The number of nitrogens with one attached hydrogen (secondary N) is 1. The lowest BCUT2D eigenvalue weighted by atomic mass is 10.3. The van der Waals surface area contributed by atoms with Crippen molar-refractivity contribution in [3.63, 3.8) is 0 Å². The third-order valence-corrected chi connectivity index (χ3v) is 4.29. The van der Waals surface area contributed by atoms with Crippen LogP contribution in [0.5, 0.6) is 0 Å². The lowest BCUT2D eigenvalue weighted by Gasteiger charge is -2.08. The number of hydrogen-bond acceptors (Lipinski definition) is 4. The fourth-order valence-electron chi connectivity index (χ4n) is 1.89. The zero-order valence-corrected chi connectivity index (χ0v) is 11.9. The number of fused-ring (bicyclic) bond motifs is 1. The third kappa shape index (κ3) is 2.63. The van der Waals surface area contributed by atoms with Gasteiger partial charge in [0.25, 0.3) is 10.0 Å². The van der Waals surface area contributed by atoms with E-state index >= 15 is 0 Å². The molecular formula is C14H9N3O4S. The van der Waals surface area contributed by atoms with Gasteiger partial charge in [0.05, 0.1) is 15.6 Å². The van der Waals surface area contributed by atoms with E-state index in [-0.39, 0.29) is 15.6 Å². The van der Waals surface area contributed by atoms with Gasteiger partial charge in [-0.1, -0.05) is 18.2 Å². The Morgan fingerprint density at radius 1 is 0.818 bits per heavy atom. The van der Waals surface area contributed by atoms with Crippen molar-refractivity contribution in [2.45, 2.75) is 4.90 Å². The van der Waals surface area contributed by atoms with Crippen LogP contribution in [0.2, 0.25) is 0 Å². The van der Waals surface area contributed by atoms with Gasteiger partial charge in [-0.05, 0) is 30.3 Å². The SMILES string of the molecule is O=C1N=c2ccc(S(=O)(=O)Nc3ccccc3)cc2=NC1=O. The van der Waals surface area contributed by atoms with Crippen LogP contribution in [0.1, 0.15) is 0 Å². The minimum Gasteiger partial charge on any atom is -0.280 e. The van der Waals surface area contributed by atoms with E-state index in [0.717, 1.165) is 0 Å². The molecule has 1 N–H and O–H groups in total. The molecular weight excluding hydrogens is 306 g/mol. The molecule has 0 atom stereocenters. The zero-order valence-electron chi connectivity index (χ0n) is 11.1. The number of sulfonamides is 1. The van der Waals surface area contributed by atoms with Crippen LogP contribution in [0.25, 0.3) is 0 Å². The van der Waals surface area contributed by atoms with Crippen LogP contribution in [-0.2, 0) is 19.6 Å². The van der Waals surface area contributed by atoms with Gasteiger partial charge in [-0.25, -0.2) is 18.4 Å². The van der Waals surface area contributed by atoms with Gasteiger partial charge >= 0.3 is 11.8 Å². The summed E-state index contributed by atoms with van der Waals surface area (Å²) in [4.78, 5) is 29.4. The van der Waals surface area contributed by atoms with Gasteiger partial charge in [0, 0.05) is 5.69 Å². The molecule has 22 heavy (non-hydrogen) atoms.